The van der Waals surface area contributed by atoms with Gasteiger partial charge in [-0.05, 0) is 6.42 Å². The standard InChI is InChI=1S/C8H16N2O4/c1-2-3-4-14-8(13)10-5-6(9)7(11)12/h6H,2-5,9H2,1H3,(H,10,13)(H,11,12)/t6-/m1/s1. The van der Waals surface area contributed by atoms with Crippen LogP contribution in [0.2, 0.25) is 0 Å². The number of hydrogen-bond acceptors (Lipinski definition) is 4. The van der Waals surface area contributed by atoms with Crippen LogP contribution in [0.5, 0.6) is 0 Å². The molecule has 0 aromatic carbocycles. The highest BCUT2D eigenvalue weighted by molar-refractivity contribution is 5.75. The number of ether oxygens (including phenoxy) is 1. The molecule has 0 aliphatic heterocycles. The van der Waals surface area contributed by atoms with E-state index in [1.54, 1.807) is 0 Å². The quantitative estimate of drug-likeness (QED) is 0.525. The first-order valence-corrected chi connectivity index (χ1v) is 4.47. The minimum atomic E-state index is -1.15. The zero-order valence-electron chi connectivity index (χ0n) is 8.16. The van der Waals surface area contributed by atoms with Gasteiger partial charge in [-0.25, -0.2) is 4.79 Å². The fourth-order valence-electron chi connectivity index (χ4n) is 0.641. The average Bonchev–Trinajstić information content (AvgIpc) is 2.14. The first kappa shape index (κ1) is 12.7. The molecule has 6 nitrogen and oxygen atoms in total. The summed E-state index contributed by atoms with van der Waals surface area (Å²) < 4.78 is 4.71. The van der Waals surface area contributed by atoms with Crippen LogP contribution in [0.15, 0.2) is 0 Å². The number of aliphatic carboxylic acids is 1. The molecule has 1 atom stereocenters. The first-order valence-electron chi connectivity index (χ1n) is 4.47. The summed E-state index contributed by atoms with van der Waals surface area (Å²) in [5.74, 6) is -1.15. The van der Waals surface area contributed by atoms with Crippen molar-refractivity contribution in [1.29, 1.82) is 0 Å². The third-order valence-electron chi connectivity index (χ3n) is 1.51. The molecule has 4 N–H and O–H groups in total. The van der Waals surface area contributed by atoms with Crippen molar-refractivity contribution in [3.8, 4) is 0 Å². The van der Waals surface area contributed by atoms with Gasteiger partial charge in [0.05, 0.1) is 6.61 Å². The second kappa shape index (κ2) is 7.14. The second-order valence-corrected chi connectivity index (χ2v) is 2.82. The van der Waals surface area contributed by atoms with Gasteiger partial charge >= 0.3 is 12.1 Å². The Kier molecular flexibility index (Phi) is 6.47. The van der Waals surface area contributed by atoms with Gasteiger partial charge in [-0.3, -0.25) is 4.79 Å². The summed E-state index contributed by atoms with van der Waals surface area (Å²) in [5.41, 5.74) is 5.15. The van der Waals surface area contributed by atoms with Gasteiger partial charge in [0.25, 0.3) is 0 Å². The number of hydrogen-bond donors (Lipinski definition) is 3. The number of carbonyl (C=O) groups excluding carboxylic acids is 1. The molecule has 0 saturated heterocycles. The highest BCUT2D eigenvalue weighted by Gasteiger charge is 2.12. The van der Waals surface area contributed by atoms with E-state index in [-0.39, 0.29) is 6.54 Å². The number of unbranched alkanes of at least 4 members (excludes halogenated alkanes) is 1. The highest BCUT2D eigenvalue weighted by Crippen LogP contribution is 1.88. The van der Waals surface area contributed by atoms with E-state index in [0.29, 0.717) is 6.61 Å². The molecular formula is C8H16N2O4. The summed E-state index contributed by atoms with van der Waals surface area (Å²) in [4.78, 5) is 21.1. The lowest BCUT2D eigenvalue weighted by atomic mass is 10.3. The number of nitrogens with two attached hydrogens (primary N) is 1. The lowest BCUT2D eigenvalue weighted by Crippen LogP contribution is -2.42. The zero-order valence-corrected chi connectivity index (χ0v) is 8.16. The Hall–Kier alpha value is -1.30. The van der Waals surface area contributed by atoms with Crippen molar-refractivity contribution in [3.63, 3.8) is 0 Å². The fourth-order valence-corrected chi connectivity index (χ4v) is 0.641. The molecule has 0 heterocycles. The van der Waals surface area contributed by atoms with Crippen molar-refractivity contribution in [2.45, 2.75) is 25.8 Å². The Balaban J connectivity index is 3.48. The number of nitrogens with one attached hydrogen (secondary N) is 1. The highest BCUT2D eigenvalue weighted by atomic mass is 16.5. The first-order chi connectivity index (χ1) is 6.57. The maximum absolute atomic E-state index is 10.9. The van der Waals surface area contributed by atoms with Gasteiger partial charge in [-0.15, -0.1) is 0 Å². The van der Waals surface area contributed by atoms with Gasteiger partial charge < -0.3 is 20.9 Å². The van der Waals surface area contributed by atoms with Gasteiger partial charge in [0, 0.05) is 6.54 Å². The summed E-state index contributed by atoms with van der Waals surface area (Å²) in [6, 6.07) is -1.09. The molecule has 0 rings (SSSR count). The lowest BCUT2D eigenvalue weighted by Gasteiger charge is -2.08. The second-order valence-electron chi connectivity index (χ2n) is 2.82. The van der Waals surface area contributed by atoms with Gasteiger partial charge in [0.15, 0.2) is 0 Å². The van der Waals surface area contributed by atoms with Crippen molar-refractivity contribution >= 4 is 12.1 Å². The molecule has 0 radical (unpaired) electrons. The van der Waals surface area contributed by atoms with Crippen LogP contribution in [0.4, 0.5) is 4.79 Å². The summed E-state index contributed by atoms with van der Waals surface area (Å²) >= 11 is 0. The minimum absolute atomic E-state index is 0.125. The van der Waals surface area contributed by atoms with Crippen molar-refractivity contribution in [1.82, 2.24) is 5.32 Å². The number of rotatable bonds is 6. The Morgan fingerprint density at radius 1 is 1.57 bits per heavy atom. The van der Waals surface area contributed by atoms with E-state index in [0.717, 1.165) is 12.8 Å². The molecule has 0 aromatic rings. The van der Waals surface area contributed by atoms with E-state index < -0.39 is 18.1 Å². The molecule has 6 heteroatoms. The van der Waals surface area contributed by atoms with E-state index in [4.69, 9.17) is 15.6 Å². The monoisotopic (exact) mass is 204 g/mol. The molecule has 0 aromatic heterocycles. The van der Waals surface area contributed by atoms with Crippen molar-refractivity contribution in [2.24, 2.45) is 5.73 Å². The molecular weight excluding hydrogens is 188 g/mol. The van der Waals surface area contributed by atoms with Crippen LogP contribution in [0.3, 0.4) is 0 Å². The topological polar surface area (TPSA) is 102 Å². The Labute approximate surface area is 82.4 Å². The van der Waals surface area contributed by atoms with Crippen LogP contribution in [0, 0.1) is 0 Å². The van der Waals surface area contributed by atoms with Gasteiger partial charge in [-0.1, -0.05) is 13.3 Å². The van der Waals surface area contributed by atoms with Crippen LogP contribution in [-0.4, -0.2) is 36.4 Å². The molecule has 1 amide bonds. The van der Waals surface area contributed by atoms with Crippen molar-refractivity contribution in [3.05, 3.63) is 0 Å². The smallest absolute Gasteiger partial charge is 0.407 e. The predicted molar refractivity (Wildman–Crippen MR) is 49.9 cm³/mol. The maximum atomic E-state index is 10.9. The summed E-state index contributed by atoms with van der Waals surface area (Å²) in [5, 5.41) is 10.6. The number of carbonyl (C=O) groups is 2. The van der Waals surface area contributed by atoms with Crippen molar-refractivity contribution in [2.75, 3.05) is 13.2 Å². The summed E-state index contributed by atoms with van der Waals surface area (Å²) in [6.45, 7) is 2.19. The van der Waals surface area contributed by atoms with Gasteiger partial charge in [0.2, 0.25) is 0 Å². The number of alkyl carbamates (subject to hydrolysis) is 1. The molecule has 0 aliphatic carbocycles. The van der Waals surface area contributed by atoms with Crippen LogP contribution in [-0.2, 0) is 9.53 Å². The molecule has 14 heavy (non-hydrogen) atoms. The van der Waals surface area contributed by atoms with Crippen LogP contribution < -0.4 is 11.1 Å². The Bertz CT molecular complexity index is 196. The predicted octanol–water partition coefficient (Wildman–Crippen LogP) is -0.0754. The third-order valence-corrected chi connectivity index (χ3v) is 1.51. The average molecular weight is 204 g/mol. The van der Waals surface area contributed by atoms with E-state index in [2.05, 4.69) is 5.32 Å². The van der Waals surface area contributed by atoms with E-state index in [9.17, 15) is 9.59 Å². The van der Waals surface area contributed by atoms with Crippen molar-refractivity contribution < 1.29 is 19.4 Å². The van der Waals surface area contributed by atoms with Crippen LogP contribution >= 0.6 is 0 Å². The largest absolute Gasteiger partial charge is 0.480 e. The van der Waals surface area contributed by atoms with E-state index >= 15 is 0 Å². The van der Waals surface area contributed by atoms with Crippen LogP contribution in [0.1, 0.15) is 19.8 Å². The molecule has 0 aliphatic rings. The van der Waals surface area contributed by atoms with Crippen LogP contribution in [0.25, 0.3) is 0 Å². The zero-order chi connectivity index (χ0) is 11.0. The molecule has 82 valence electrons. The van der Waals surface area contributed by atoms with Gasteiger partial charge in [0.1, 0.15) is 6.04 Å². The summed E-state index contributed by atoms with van der Waals surface area (Å²) in [6.07, 6.45) is 1.09. The fraction of sp³-hybridized carbons (Fsp3) is 0.750. The van der Waals surface area contributed by atoms with E-state index in [1.807, 2.05) is 6.92 Å². The Morgan fingerprint density at radius 2 is 2.21 bits per heavy atom. The molecule has 0 unspecified atom stereocenters. The van der Waals surface area contributed by atoms with E-state index in [1.165, 1.54) is 0 Å². The third kappa shape index (κ3) is 6.24. The molecule has 0 fully saturated rings. The number of carboxylic acids is 1. The Morgan fingerprint density at radius 3 is 2.71 bits per heavy atom. The summed E-state index contributed by atoms with van der Waals surface area (Å²) in [7, 11) is 0. The maximum Gasteiger partial charge on any atom is 0.407 e. The molecule has 0 spiro atoms. The lowest BCUT2D eigenvalue weighted by molar-refractivity contribution is -0.138. The normalized spacial score (nSPS) is 11.9. The SMILES string of the molecule is CCCCOC(=O)NC[C@@H](N)C(=O)O. The molecule has 0 saturated carbocycles. The number of carboxylic acid groups (broad SMARTS) is 1. The molecule has 0 bridgehead atoms. The van der Waals surface area contributed by atoms with Gasteiger partial charge in [-0.2, -0.15) is 0 Å². The minimum Gasteiger partial charge on any atom is -0.480 e. The number of amides is 1.